The van der Waals surface area contributed by atoms with Crippen molar-refractivity contribution in [3.05, 3.63) is 54.2 Å². The highest BCUT2D eigenvalue weighted by atomic mass is 32.2. The maximum absolute atomic E-state index is 12.7. The first-order chi connectivity index (χ1) is 16.2. The van der Waals surface area contributed by atoms with Crippen LogP contribution in [-0.4, -0.2) is 66.8 Å². The van der Waals surface area contributed by atoms with Crippen LogP contribution in [0, 0.1) is 0 Å². The van der Waals surface area contributed by atoms with E-state index in [1.165, 1.54) is 31.0 Å². The minimum absolute atomic E-state index is 0.0233. The molecule has 8 heteroatoms. The lowest BCUT2D eigenvalue weighted by Gasteiger charge is -2.48. The zero-order valence-electron chi connectivity index (χ0n) is 18.8. The Hall–Kier alpha value is -2.42. The lowest BCUT2D eigenvalue weighted by molar-refractivity contribution is -0.125. The van der Waals surface area contributed by atoms with Crippen molar-refractivity contribution in [2.45, 2.75) is 47.6 Å². The Morgan fingerprint density at radius 1 is 1.06 bits per heavy atom. The third kappa shape index (κ3) is 6.34. The van der Waals surface area contributed by atoms with Gasteiger partial charge in [-0.05, 0) is 37.1 Å². The number of carbonyl (C=O) groups excluding carboxylic acids is 2. The van der Waals surface area contributed by atoms with Gasteiger partial charge < -0.3 is 14.8 Å². The van der Waals surface area contributed by atoms with Crippen molar-refractivity contribution in [3.63, 3.8) is 0 Å². The first-order valence-electron chi connectivity index (χ1n) is 11.6. The van der Waals surface area contributed by atoms with Gasteiger partial charge in [0.15, 0.2) is 6.61 Å². The second-order valence-corrected chi connectivity index (χ2v) is 9.57. The van der Waals surface area contributed by atoms with E-state index < -0.39 is 5.97 Å². The number of hydrogen-bond donors (Lipinski definition) is 1. The summed E-state index contributed by atoms with van der Waals surface area (Å²) in [5, 5.41) is 3.59. The van der Waals surface area contributed by atoms with Gasteiger partial charge in [0.05, 0.1) is 18.8 Å². The van der Waals surface area contributed by atoms with Crippen molar-refractivity contribution in [1.82, 2.24) is 15.2 Å². The molecule has 2 heterocycles. The molecule has 0 bridgehead atoms. The quantitative estimate of drug-likeness (QED) is 0.592. The van der Waals surface area contributed by atoms with Gasteiger partial charge in [-0.25, -0.2) is 9.78 Å². The molecule has 176 valence electrons. The van der Waals surface area contributed by atoms with Gasteiger partial charge in [-0.15, -0.1) is 0 Å². The van der Waals surface area contributed by atoms with Gasteiger partial charge in [0, 0.05) is 36.3 Å². The Bertz CT molecular complexity index is 928. The maximum atomic E-state index is 12.7. The molecule has 0 radical (unpaired) electrons. The summed E-state index contributed by atoms with van der Waals surface area (Å²) in [6, 6.07) is 13.1. The number of nitrogens with one attached hydrogen (secondary N) is 1. The van der Waals surface area contributed by atoms with Crippen LogP contribution >= 0.6 is 11.8 Å². The second kappa shape index (κ2) is 11.6. The van der Waals surface area contributed by atoms with Gasteiger partial charge in [0.1, 0.15) is 5.03 Å². The smallest absolute Gasteiger partial charge is 0.341 e. The van der Waals surface area contributed by atoms with Gasteiger partial charge >= 0.3 is 5.97 Å². The highest BCUT2D eigenvalue weighted by molar-refractivity contribution is 7.99. The summed E-state index contributed by atoms with van der Waals surface area (Å²) in [6.45, 7) is 3.54. The molecule has 1 amide bonds. The topological polar surface area (TPSA) is 80.8 Å². The minimum Gasteiger partial charge on any atom is -0.452 e. The van der Waals surface area contributed by atoms with E-state index in [9.17, 15) is 9.59 Å². The number of amides is 1. The number of nitrogens with zero attached hydrogens (tertiary/aromatic N) is 2. The largest absolute Gasteiger partial charge is 0.452 e. The molecular weight excluding hydrogens is 438 g/mol. The van der Waals surface area contributed by atoms with Gasteiger partial charge in [-0.2, -0.15) is 0 Å². The summed E-state index contributed by atoms with van der Waals surface area (Å²) in [7, 11) is 0. The van der Waals surface area contributed by atoms with Crippen LogP contribution in [0.3, 0.4) is 0 Å². The summed E-state index contributed by atoms with van der Waals surface area (Å²) in [6.07, 6.45) is 7.37. The molecule has 4 rings (SSSR count). The van der Waals surface area contributed by atoms with Crippen molar-refractivity contribution in [2.24, 2.45) is 0 Å². The summed E-state index contributed by atoms with van der Waals surface area (Å²) in [5.41, 5.74) is 0.334. The Balaban J connectivity index is 1.32. The summed E-state index contributed by atoms with van der Waals surface area (Å²) in [4.78, 5) is 33.0. The van der Waals surface area contributed by atoms with Crippen LogP contribution in [0.25, 0.3) is 0 Å². The number of ether oxygens (including phenoxy) is 2. The first kappa shape index (κ1) is 23.7. The highest BCUT2D eigenvalue weighted by Crippen LogP contribution is 2.34. The number of aromatic nitrogens is 1. The Labute approximate surface area is 199 Å². The number of esters is 1. The van der Waals surface area contributed by atoms with Crippen molar-refractivity contribution in [3.8, 4) is 0 Å². The molecule has 2 aromatic rings. The average Bonchev–Trinajstić information content (AvgIpc) is 2.88. The molecule has 1 N–H and O–H groups in total. The molecule has 1 aromatic carbocycles. The maximum Gasteiger partial charge on any atom is 0.341 e. The van der Waals surface area contributed by atoms with Crippen LogP contribution in [0.15, 0.2) is 58.6 Å². The molecule has 2 aliphatic rings. The lowest BCUT2D eigenvalue weighted by atomic mass is 9.79. The van der Waals surface area contributed by atoms with Crippen LogP contribution in [-0.2, 0) is 14.3 Å². The monoisotopic (exact) mass is 469 g/mol. The molecule has 33 heavy (non-hydrogen) atoms. The van der Waals surface area contributed by atoms with E-state index >= 15 is 0 Å². The number of rotatable bonds is 8. The molecule has 2 fully saturated rings. The van der Waals surface area contributed by atoms with Gasteiger partial charge in [0.25, 0.3) is 5.91 Å². The summed E-state index contributed by atoms with van der Waals surface area (Å²) < 4.78 is 10.9. The molecule has 7 nitrogen and oxygen atoms in total. The van der Waals surface area contributed by atoms with E-state index in [4.69, 9.17) is 9.47 Å². The number of morpholine rings is 1. The Kier molecular flexibility index (Phi) is 8.36. The fraction of sp³-hybridized carbons (Fsp3) is 0.480. The molecular formula is C25H31N3O4S. The van der Waals surface area contributed by atoms with E-state index in [-0.39, 0.29) is 18.1 Å². The molecule has 1 saturated heterocycles. The van der Waals surface area contributed by atoms with Gasteiger partial charge in [-0.3, -0.25) is 9.69 Å². The van der Waals surface area contributed by atoms with Crippen LogP contribution in [0.4, 0.5) is 0 Å². The van der Waals surface area contributed by atoms with E-state index in [2.05, 4.69) is 15.2 Å². The average molecular weight is 470 g/mol. The number of pyridine rings is 1. The molecule has 0 atom stereocenters. The first-order valence-corrected chi connectivity index (χ1v) is 12.4. The normalized spacial score (nSPS) is 18.4. The number of benzene rings is 1. The van der Waals surface area contributed by atoms with E-state index in [1.54, 1.807) is 18.3 Å². The van der Waals surface area contributed by atoms with Crippen LogP contribution in [0.2, 0.25) is 0 Å². The summed E-state index contributed by atoms with van der Waals surface area (Å²) in [5.74, 6) is -0.819. The van der Waals surface area contributed by atoms with Crippen molar-refractivity contribution >= 4 is 23.6 Å². The zero-order valence-corrected chi connectivity index (χ0v) is 19.6. The third-order valence-corrected chi connectivity index (χ3v) is 7.39. The van der Waals surface area contributed by atoms with Crippen molar-refractivity contribution in [2.75, 3.05) is 39.5 Å². The SMILES string of the molecule is O=C(COC(=O)c1cccnc1Sc1ccccc1)NCC1(N2CCOCC2)CCCCC1. The van der Waals surface area contributed by atoms with E-state index in [1.807, 2.05) is 30.3 Å². The predicted octanol–water partition coefficient (Wildman–Crippen LogP) is 3.54. The number of hydrogen-bond acceptors (Lipinski definition) is 7. The molecule has 0 spiro atoms. The van der Waals surface area contributed by atoms with E-state index in [0.29, 0.717) is 17.1 Å². The van der Waals surface area contributed by atoms with Crippen molar-refractivity contribution in [1.29, 1.82) is 0 Å². The zero-order chi connectivity index (χ0) is 22.9. The molecule has 0 unspecified atom stereocenters. The summed E-state index contributed by atoms with van der Waals surface area (Å²) >= 11 is 1.39. The minimum atomic E-state index is -0.544. The van der Waals surface area contributed by atoms with Crippen LogP contribution < -0.4 is 5.32 Å². The van der Waals surface area contributed by atoms with Gasteiger partial charge in [0.2, 0.25) is 0 Å². The standard InChI is InChI=1S/C25H31N3O4S/c29-22(27-19-25(11-5-2-6-12-25)28-14-16-31-17-15-28)18-32-24(30)21-10-7-13-26-23(21)33-20-8-3-1-4-9-20/h1,3-4,7-10,13H,2,5-6,11-12,14-19H2,(H,27,29). The third-order valence-electron chi connectivity index (χ3n) is 6.36. The van der Waals surface area contributed by atoms with Crippen molar-refractivity contribution < 1.29 is 19.1 Å². The predicted molar refractivity (Wildman–Crippen MR) is 126 cm³/mol. The fourth-order valence-electron chi connectivity index (χ4n) is 4.60. The van der Waals surface area contributed by atoms with Crippen LogP contribution in [0.1, 0.15) is 42.5 Å². The molecule has 1 aromatic heterocycles. The molecule has 1 saturated carbocycles. The van der Waals surface area contributed by atoms with E-state index in [0.717, 1.165) is 44.0 Å². The fourth-order valence-corrected chi connectivity index (χ4v) is 5.49. The molecule has 1 aliphatic heterocycles. The van der Waals surface area contributed by atoms with Crippen LogP contribution in [0.5, 0.6) is 0 Å². The number of carbonyl (C=O) groups is 2. The van der Waals surface area contributed by atoms with Gasteiger partial charge in [-0.1, -0.05) is 49.2 Å². The highest BCUT2D eigenvalue weighted by Gasteiger charge is 2.38. The second-order valence-electron chi connectivity index (χ2n) is 8.51. The Morgan fingerprint density at radius 3 is 2.58 bits per heavy atom. The lowest BCUT2D eigenvalue weighted by Crippen LogP contribution is -2.59. The molecule has 1 aliphatic carbocycles. The Morgan fingerprint density at radius 2 is 1.82 bits per heavy atom.